The standard InChI is InChI=1S/C19H21NO/c1-2-3-14-17-18(15-10-6-4-7-11-15)20(19(17)21)16-12-8-5-9-13-16/h4-13,17-18H,2-3,14H2,1H3. The van der Waals surface area contributed by atoms with E-state index in [4.69, 9.17) is 0 Å². The van der Waals surface area contributed by atoms with Crippen molar-refractivity contribution in [1.82, 2.24) is 0 Å². The van der Waals surface area contributed by atoms with Gasteiger partial charge in [-0.05, 0) is 24.1 Å². The molecule has 2 heteroatoms. The molecule has 2 nitrogen and oxygen atoms in total. The fourth-order valence-corrected chi connectivity index (χ4v) is 3.16. The zero-order chi connectivity index (χ0) is 14.7. The van der Waals surface area contributed by atoms with E-state index in [2.05, 4.69) is 31.2 Å². The minimum absolute atomic E-state index is 0.132. The summed E-state index contributed by atoms with van der Waals surface area (Å²) in [5.41, 5.74) is 2.24. The number of amides is 1. The van der Waals surface area contributed by atoms with Gasteiger partial charge in [-0.15, -0.1) is 0 Å². The van der Waals surface area contributed by atoms with E-state index in [-0.39, 0.29) is 17.9 Å². The van der Waals surface area contributed by atoms with Gasteiger partial charge >= 0.3 is 0 Å². The minimum Gasteiger partial charge on any atom is -0.304 e. The second-order valence-corrected chi connectivity index (χ2v) is 5.65. The van der Waals surface area contributed by atoms with Gasteiger partial charge in [0.2, 0.25) is 5.91 Å². The summed E-state index contributed by atoms with van der Waals surface area (Å²) in [6.07, 6.45) is 3.23. The van der Waals surface area contributed by atoms with E-state index in [1.807, 2.05) is 41.3 Å². The first-order valence-corrected chi connectivity index (χ1v) is 7.76. The summed E-state index contributed by atoms with van der Waals surface area (Å²) in [7, 11) is 0. The van der Waals surface area contributed by atoms with E-state index < -0.39 is 0 Å². The molecule has 1 saturated heterocycles. The van der Waals surface area contributed by atoms with E-state index in [0.717, 1.165) is 24.9 Å². The molecule has 1 aliphatic heterocycles. The molecule has 0 radical (unpaired) electrons. The smallest absolute Gasteiger partial charge is 0.233 e. The minimum atomic E-state index is 0.132. The predicted molar refractivity (Wildman–Crippen MR) is 86.1 cm³/mol. The number of rotatable bonds is 5. The second-order valence-electron chi connectivity index (χ2n) is 5.65. The summed E-state index contributed by atoms with van der Waals surface area (Å²) in [6.45, 7) is 2.18. The summed E-state index contributed by atoms with van der Waals surface area (Å²) in [5.74, 6) is 0.399. The summed E-state index contributed by atoms with van der Waals surface area (Å²) in [6, 6.07) is 20.6. The number of β-lactam (4-membered cyclic amide) rings is 1. The number of anilines is 1. The monoisotopic (exact) mass is 279 g/mol. The van der Waals surface area contributed by atoms with Crippen molar-refractivity contribution in [1.29, 1.82) is 0 Å². The van der Waals surface area contributed by atoms with Gasteiger partial charge in [0.15, 0.2) is 0 Å². The SMILES string of the molecule is CCCCC1C(=O)N(c2ccccc2)C1c1ccccc1. The highest BCUT2D eigenvalue weighted by Crippen LogP contribution is 2.45. The predicted octanol–water partition coefficient (Wildman–Crippen LogP) is 4.58. The van der Waals surface area contributed by atoms with Crippen LogP contribution in [0, 0.1) is 5.92 Å². The summed E-state index contributed by atoms with van der Waals surface area (Å²) in [4.78, 5) is 14.5. The van der Waals surface area contributed by atoms with Crippen LogP contribution in [-0.4, -0.2) is 5.91 Å². The van der Waals surface area contributed by atoms with E-state index in [9.17, 15) is 4.79 Å². The molecule has 1 fully saturated rings. The van der Waals surface area contributed by atoms with Crippen molar-refractivity contribution >= 4 is 11.6 Å². The molecule has 2 atom stereocenters. The molecule has 2 aromatic rings. The number of hydrogen-bond acceptors (Lipinski definition) is 1. The first kappa shape index (κ1) is 13.9. The largest absolute Gasteiger partial charge is 0.304 e. The van der Waals surface area contributed by atoms with Gasteiger partial charge in [-0.3, -0.25) is 4.79 Å². The van der Waals surface area contributed by atoms with Gasteiger partial charge in [0.05, 0.1) is 12.0 Å². The van der Waals surface area contributed by atoms with Gasteiger partial charge in [-0.2, -0.15) is 0 Å². The van der Waals surface area contributed by atoms with Crippen LogP contribution in [-0.2, 0) is 4.79 Å². The highest BCUT2D eigenvalue weighted by Gasteiger charge is 2.47. The Balaban J connectivity index is 1.91. The highest BCUT2D eigenvalue weighted by molar-refractivity contribution is 6.03. The molecule has 0 aliphatic carbocycles. The molecule has 108 valence electrons. The lowest BCUT2D eigenvalue weighted by molar-refractivity contribution is -0.130. The molecule has 3 rings (SSSR count). The van der Waals surface area contributed by atoms with Crippen LogP contribution in [0.5, 0.6) is 0 Å². The fourth-order valence-electron chi connectivity index (χ4n) is 3.16. The Morgan fingerprint density at radius 3 is 2.19 bits per heavy atom. The molecule has 0 bridgehead atoms. The van der Waals surface area contributed by atoms with Gasteiger partial charge in [-0.25, -0.2) is 0 Å². The average Bonchev–Trinajstić information content (AvgIpc) is 2.54. The Labute approximate surface area is 126 Å². The molecule has 0 N–H and O–H groups in total. The van der Waals surface area contributed by atoms with Crippen molar-refractivity contribution in [3.63, 3.8) is 0 Å². The number of para-hydroxylation sites is 1. The summed E-state index contributed by atoms with van der Waals surface area (Å²) in [5, 5.41) is 0. The number of benzene rings is 2. The van der Waals surface area contributed by atoms with E-state index in [1.165, 1.54) is 5.56 Å². The third-order valence-corrected chi connectivity index (χ3v) is 4.26. The number of carbonyl (C=O) groups excluding carboxylic acids is 1. The van der Waals surface area contributed by atoms with Crippen LogP contribution >= 0.6 is 0 Å². The lowest BCUT2D eigenvalue weighted by Gasteiger charge is -2.47. The number of unbranched alkanes of at least 4 members (excludes halogenated alkanes) is 1. The lowest BCUT2D eigenvalue weighted by Crippen LogP contribution is -2.55. The summed E-state index contributed by atoms with van der Waals surface area (Å²) >= 11 is 0. The Kier molecular flexibility index (Phi) is 4.05. The third kappa shape index (κ3) is 2.58. The molecule has 1 heterocycles. The Morgan fingerprint density at radius 2 is 1.57 bits per heavy atom. The molecular weight excluding hydrogens is 258 g/mol. The summed E-state index contributed by atoms with van der Waals surface area (Å²) < 4.78 is 0. The normalized spacial score (nSPS) is 21.2. The van der Waals surface area contributed by atoms with Gasteiger partial charge in [-0.1, -0.05) is 68.3 Å². The fraction of sp³-hybridized carbons (Fsp3) is 0.316. The third-order valence-electron chi connectivity index (χ3n) is 4.26. The maximum absolute atomic E-state index is 12.6. The molecule has 1 aliphatic rings. The second kappa shape index (κ2) is 6.13. The van der Waals surface area contributed by atoms with Crippen LogP contribution in [0.2, 0.25) is 0 Å². The van der Waals surface area contributed by atoms with E-state index in [0.29, 0.717) is 0 Å². The highest BCUT2D eigenvalue weighted by atomic mass is 16.2. The number of carbonyl (C=O) groups is 1. The average molecular weight is 279 g/mol. The topological polar surface area (TPSA) is 20.3 Å². The van der Waals surface area contributed by atoms with Crippen LogP contribution in [0.4, 0.5) is 5.69 Å². The van der Waals surface area contributed by atoms with Crippen LogP contribution in [0.15, 0.2) is 60.7 Å². The Hall–Kier alpha value is -2.09. The molecule has 0 aromatic heterocycles. The van der Waals surface area contributed by atoms with Crippen molar-refractivity contribution in [3.8, 4) is 0 Å². The Morgan fingerprint density at radius 1 is 0.952 bits per heavy atom. The molecule has 0 saturated carbocycles. The van der Waals surface area contributed by atoms with Crippen LogP contribution in [0.1, 0.15) is 37.8 Å². The Bertz CT molecular complexity index is 593. The maximum Gasteiger partial charge on any atom is 0.233 e. The van der Waals surface area contributed by atoms with Crippen molar-refractivity contribution in [2.24, 2.45) is 5.92 Å². The number of nitrogens with zero attached hydrogens (tertiary/aromatic N) is 1. The van der Waals surface area contributed by atoms with Gasteiger partial charge in [0.1, 0.15) is 0 Å². The van der Waals surface area contributed by atoms with E-state index >= 15 is 0 Å². The molecule has 2 unspecified atom stereocenters. The molecule has 21 heavy (non-hydrogen) atoms. The first-order chi connectivity index (χ1) is 10.3. The van der Waals surface area contributed by atoms with Crippen molar-refractivity contribution < 1.29 is 4.79 Å². The maximum atomic E-state index is 12.6. The van der Waals surface area contributed by atoms with Crippen LogP contribution in [0.25, 0.3) is 0 Å². The van der Waals surface area contributed by atoms with Crippen LogP contribution < -0.4 is 4.90 Å². The van der Waals surface area contributed by atoms with Gasteiger partial charge < -0.3 is 4.90 Å². The molecule has 2 aromatic carbocycles. The van der Waals surface area contributed by atoms with Crippen molar-refractivity contribution in [3.05, 3.63) is 66.2 Å². The quantitative estimate of drug-likeness (QED) is 0.733. The molecule has 0 spiro atoms. The number of hydrogen-bond donors (Lipinski definition) is 0. The van der Waals surface area contributed by atoms with Crippen molar-refractivity contribution in [2.45, 2.75) is 32.2 Å². The van der Waals surface area contributed by atoms with Crippen LogP contribution in [0.3, 0.4) is 0 Å². The lowest BCUT2D eigenvalue weighted by atomic mass is 9.79. The van der Waals surface area contributed by atoms with Gasteiger partial charge in [0.25, 0.3) is 0 Å². The van der Waals surface area contributed by atoms with E-state index in [1.54, 1.807) is 0 Å². The first-order valence-electron chi connectivity index (χ1n) is 7.76. The van der Waals surface area contributed by atoms with Crippen molar-refractivity contribution in [2.75, 3.05) is 4.90 Å². The zero-order valence-electron chi connectivity index (χ0n) is 12.4. The molecule has 1 amide bonds. The zero-order valence-corrected chi connectivity index (χ0v) is 12.4. The molecular formula is C19H21NO. The van der Waals surface area contributed by atoms with Gasteiger partial charge in [0, 0.05) is 5.69 Å².